The summed E-state index contributed by atoms with van der Waals surface area (Å²) in [6.07, 6.45) is 1.99. The van der Waals surface area contributed by atoms with Crippen LogP contribution in [0.2, 0.25) is 0 Å². The molecule has 1 aliphatic carbocycles. The Kier molecular flexibility index (Phi) is 4.42. The van der Waals surface area contributed by atoms with Gasteiger partial charge in [-0.1, -0.05) is 24.3 Å². The predicted molar refractivity (Wildman–Crippen MR) is 103 cm³/mol. The molecule has 0 fully saturated rings. The second kappa shape index (κ2) is 7.03. The van der Waals surface area contributed by atoms with Crippen LogP contribution in [0.1, 0.15) is 20.8 Å². The number of ether oxygens (including phenoxy) is 1. The largest absolute Gasteiger partial charge is 0.479 e. The van der Waals surface area contributed by atoms with Crippen molar-refractivity contribution in [2.75, 3.05) is 11.9 Å². The molecule has 5 heteroatoms. The number of amides is 1. The number of rotatable bonds is 4. The highest BCUT2D eigenvalue weighted by atomic mass is 32.1. The first-order valence-corrected chi connectivity index (χ1v) is 9.18. The van der Waals surface area contributed by atoms with E-state index < -0.39 is 0 Å². The van der Waals surface area contributed by atoms with Crippen LogP contribution in [-0.4, -0.2) is 12.5 Å². The smallest absolute Gasteiger partial charge is 0.265 e. The Morgan fingerprint density at radius 2 is 1.88 bits per heavy atom. The number of aryl methyl sites for hydroxylation is 2. The molecule has 0 aliphatic heterocycles. The van der Waals surface area contributed by atoms with Crippen LogP contribution in [0, 0.1) is 11.3 Å². The van der Waals surface area contributed by atoms with E-state index in [9.17, 15) is 4.79 Å². The van der Waals surface area contributed by atoms with Crippen molar-refractivity contribution in [3.05, 3.63) is 70.6 Å². The first-order valence-electron chi connectivity index (χ1n) is 8.37. The van der Waals surface area contributed by atoms with Crippen molar-refractivity contribution in [3.8, 4) is 22.3 Å². The molecule has 0 bridgehead atoms. The van der Waals surface area contributed by atoms with Gasteiger partial charge in [0, 0.05) is 10.6 Å². The molecule has 1 aliphatic rings. The summed E-state index contributed by atoms with van der Waals surface area (Å²) >= 11 is 1.55. The summed E-state index contributed by atoms with van der Waals surface area (Å²) in [7, 11) is 0. The molecule has 0 saturated carbocycles. The van der Waals surface area contributed by atoms with E-state index in [1.54, 1.807) is 35.6 Å². The first-order chi connectivity index (χ1) is 12.7. The molecule has 1 N–H and O–H groups in total. The fourth-order valence-corrected chi connectivity index (χ4v) is 4.29. The molecule has 0 saturated heterocycles. The summed E-state index contributed by atoms with van der Waals surface area (Å²) in [6.45, 7) is 0.00787. The Bertz CT molecular complexity index is 1000. The van der Waals surface area contributed by atoms with Gasteiger partial charge in [-0.15, -0.1) is 11.3 Å². The van der Waals surface area contributed by atoms with Crippen LogP contribution < -0.4 is 10.1 Å². The zero-order valence-corrected chi connectivity index (χ0v) is 14.8. The van der Waals surface area contributed by atoms with E-state index in [1.807, 2.05) is 18.2 Å². The van der Waals surface area contributed by atoms with Gasteiger partial charge in [0.2, 0.25) is 0 Å². The van der Waals surface area contributed by atoms with Crippen molar-refractivity contribution in [3.63, 3.8) is 0 Å². The maximum Gasteiger partial charge on any atom is 0.265 e. The highest BCUT2D eigenvalue weighted by molar-refractivity contribution is 7.17. The van der Waals surface area contributed by atoms with E-state index in [1.165, 1.54) is 21.6 Å². The Balaban J connectivity index is 1.52. The topological polar surface area (TPSA) is 62.1 Å². The number of carbonyl (C=O) groups is 1. The molecule has 0 radical (unpaired) electrons. The van der Waals surface area contributed by atoms with Crippen molar-refractivity contribution in [1.29, 1.82) is 5.26 Å². The van der Waals surface area contributed by atoms with Crippen LogP contribution in [0.15, 0.2) is 54.6 Å². The van der Waals surface area contributed by atoms with Crippen molar-refractivity contribution >= 4 is 22.9 Å². The van der Waals surface area contributed by atoms with Crippen LogP contribution >= 0.6 is 11.3 Å². The van der Waals surface area contributed by atoms with Crippen LogP contribution in [0.5, 0.6) is 5.75 Å². The zero-order valence-electron chi connectivity index (χ0n) is 14.0. The van der Waals surface area contributed by atoms with E-state index in [0.29, 0.717) is 11.4 Å². The lowest BCUT2D eigenvalue weighted by Crippen LogP contribution is -2.10. The van der Waals surface area contributed by atoms with Gasteiger partial charge in [-0.05, 0) is 59.9 Å². The van der Waals surface area contributed by atoms with E-state index in [4.69, 9.17) is 10.00 Å². The summed E-state index contributed by atoms with van der Waals surface area (Å²) in [4.78, 5) is 14.6. The Labute approximate surface area is 155 Å². The molecule has 0 unspecified atom stereocenters. The summed E-state index contributed by atoms with van der Waals surface area (Å²) in [5, 5.41) is 11.5. The molecule has 4 nitrogen and oxygen atoms in total. The number of fused-ring (bicyclic) bond motifs is 3. The summed E-state index contributed by atoms with van der Waals surface area (Å²) in [5.41, 5.74) is 4.55. The minimum atomic E-state index is -0.104. The van der Waals surface area contributed by atoms with Crippen molar-refractivity contribution in [2.24, 2.45) is 0 Å². The number of hydrogen-bond donors (Lipinski definition) is 1. The maximum absolute atomic E-state index is 12.6. The molecular formula is C21H16N2O2S. The number of carbonyl (C=O) groups excluding carboxylic acids is 1. The summed E-state index contributed by atoms with van der Waals surface area (Å²) in [6, 6.07) is 19.4. The SMILES string of the molecule is N#CCOc1ccc(NC(=O)c2cc3c(s2)-c2ccccc2CC3)cc1. The highest BCUT2D eigenvalue weighted by Gasteiger charge is 2.21. The second-order valence-electron chi connectivity index (χ2n) is 6.05. The van der Waals surface area contributed by atoms with E-state index in [2.05, 4.69) is 23.5 Å². The fraction of sp³-hybridized carbons (Fsp3) is 0.143. The third kappa shape index (κ3) is 3.19. The molecule has 1 aromatic heterocycles. The van der Waals surface area contributed by atoms with Crippen LogP contribution in [0.4, 0.5) is 5.69 Å². The van der Waals surface area contributed by atoms with E-state index in [-0.39, 0.29) is 12.5 Å². The number of nitrogens with one attached hydrogen (secondary N) is 1. The third-order valence-electron chi connectivity index (χ3n) is 4.37. The predicted octanol–water partition coefficient (Wildman–Crippen LogP) is 4.67. The maximum atomic E-state index is 12.6. The van der Waals surface area contributed by atoms with Gasteiger partial charge < -0.3 is 10.1 Å². The quantitative estimate of drug-likeness (QED) is 0.735. The molecule has 2 aromatic carbocycles. The van der Waals surface area contributed by atoms with Gasteiger partial charge in [-0.2, -0.15) is 5.26 Å². The highest BCUT2D eigenvalue weighted by Crippen LogP contribution is 2.39. The van der Waals surface area contributed by atoms with Gasteiger partial charge in [-0.25, -0.2) is 0 Å². The fourth-order valence-electron chi connectivity index (χ4n) is 3.13. The van der Waals surface area contributed by atoms with E-state index >= 15 is 0 Å². The van der Waals surface area contributed by atoms with Gasteiger partial charge >= 0.3 is 0 Å². The molecule has 0 atom stereocenters. The number of nitriles is 1. The Hall–Kier alpha value is -3.10. The number of nitrogens with zero attached hydrogens (tertiary/aromatic N) is 1. The lowest BCUT2D eigenvalue weighted by atomic mass is 9.91. The number of hydrogen-bond acceptors (Lipinski definition) is 4. The molecule has 1 heterocycles. The van der Waals surface area contributed by atoms with Gasteiger partial charge in [-0.3, -0.25) is 4.79 Å². The van der Waals surface area contributed by atoms with E-state index in [0.717, 1.165) is 17.7 Å². The zero-order chi connectivity index (χ0) is 17.9. The summed E-state index contributed by atoms with van der Waals surface area (Å²) in [5.74, 6) is 0.500. The molecule has 0 spiro atoms. The van der Waals surface area contributed by atoms with Crippen molar-refractivity contribution in [1.82, 2.24) is 0 Å². The van der Waals surface area contributed by atoms with Crippen LogP contribution in [-0.2, 0) is 12.8 Å². The molecule has 128 valence electrons. The van der Waals surface area contributed by atoms with Crippen LogP contribution in [0.25, 0.3) is 10.4 Å². The van der Waals surface area contributed by atoms with Gasteiger partial charge in [0.25, 0.3) is 5.91 Å². The molecule has 26 heavy (non-hydrogen) atoms. The average Bonchev–Trinajstić information content (AvgIpc) is 3.12. The number of anilines is 1. The molecular weight excluding hydrogens is 344 g/mol. The monoisotopic (exact) mass is 360 g/mol. The lowest BCUT2D eigenvalue weighted by molar-refractivity contribution is 0.103. The molecule has 4 rings (SSSR count). The number of thiophene rings is 1. The van der Waals surface area contributed by atoms with Gasteiger partial charge in [0.15, 0.2) is 6.61 Å². The second-order valence-corrected chi connectivity index (χ2v) is 7.10. The van der Waals surface area contributed by atoms with Gasteiger partial charge in [0.1, 0.15) is 11.8 Å². The summed E-state index contributed by atoms with van der Waals surface area (Å²) < 4.78 is 5.22. The third-order valence-corrected chi connectivity index (χ3v) is 5.58. The Morgan fingerprint density at radius 3 is 2.69 bits per heavy atom. The minimum absolute atomic E-state index is 0.00787. The standard InChI is InChI=1S/C21H16N2O2S/c22-11-12-25-17-9-7-16(8-10-17)23-21(24)19-13-15-6-5-14-3-1-2-4-18(14)20(15)26-19/h1-4,7-10,13H,5-6,12H2,(H,23,24). The lowest BCUT2D eigenvalue weighted by Gasteiger charge is -2.15. The van der Waals surface area contributed by atoms with Gasteiger partial charge in [0.05, 0.1) is 4.88 Å². The normalized spacial score (nSPS) is 11.8. The molecule has 1 amide bonds. The average molecular weight is 360 g/mol. The Morgan fingerprint density at radius 1 is 1.12 bits per heavy atom. The minimum Gasteiger partial charge on any atom is -0.479 e. The van der Waals surface area contributed by atoms with Crippen molar-refractivity contribution in [2.45, 2.75) is 12.8 Å². The van der Waals surface area contributed by atoms with Crippen LogP contribution in [0.3, 0.4) is 0 Å². The van der Waals surface area contributed by atoms with Crippen molar-refractivity contribution < 1.29 is 9.53 Å². The number of benzene rings is 2. The first kappa shape index (κ1) is 16.4. The molecule has 3 aromatic rings.